The van der Waals surface area contributed by atoms with E-state index in [1.165, 1.54) is 0 Å². The number of imidazole rings is 1. The molecule has 7 nitrogen and oxygen atoms in total. The van der Waals surface area contributed by atoms with Crippen molar-refractivity contribution in [3.63, 3.8) is 0 Å². The molecule has 3 aromatic rings. The van der Waals surface area contributed by atoms with Crippen LogP contribution in [0.1, 0.15) is 28.5 Å². The minimum atomic E-state index is -0.229. The lowest BCUT2D eigenvalue weighted by molar-refractivity contribution is 0.102. The van der Waals surface area contributed by atoms with Gasteiger partial charge in [-0.15, -0.1) is 0 Å². The Morgan fingerprint density at radius 3 is 2.62 bits per heavy atom. The number of nitrogens with zero attached hydrogens (tertiary/aromatic N) is 2. The van der Waals surface area contributed by atoms with Crippen molar-refractivity contribution in [3.8, 4) is 0 Å². The molecule has 0 bridgehead atoms. The SMILES string of the molecule is CCn1c2c(n(Cc3ccc(C(=O)Nc4ccccc4N)cc3)c1=O)NCC=C2. The first-order valence-electron chi connectivity index (χ1n) is 9.57. The van der Waals surface area contributed by atoms with Crippen LogP contribution in [0.2, 0.25) is 0 Å². The molecule has 0 spiro atoms. The quantitative estimate of drug-likeness (QED) is 0.585. The van der Waals surface area contributed by atoms with Gasteiger partial charge in [-0.25, -0.2) is 4.79 Å². The molecule has 4 rings (SSSR count). The number of nitrogens with one attached hydrogen (secondary N) is 2. The Kier molecular flexibility index (Phi) is 4.95. The highest BCUT2D eigenvalue weighted by molar-refractivity contribution is 6.05. The average Bonchev–Trinajstić information content (AvgIpc) is 3.01. The number of nitrogens with two attached hydrogens (primary N) is 1. The van der Waals surface area contributed by atoms with Crippen LogP contribution in [0, 0.1) is 0 Å². The van der Waals surface area contributed by atoms with Gasteiger partial charge in [0.05, 0.1) is 23.6 Å². The maximum atomic E-state index is 12.8. The molecule has 2 heterocycles. The number of fused-ring (bicyclic) bond motifs is 1. The van der Waals surface area contributed by atoms with Crippen molar-refractivity contribution in [3.05, 3.63) is 81.9 Å². The van der Waals surface area contributed by atoms with E-state index in [9.17, 15) is 9.59 Å². The van der Waals surface area contributed by atoms with E-state index in [0.717, 1.165) is 17.1 Å². The van der Waals surface area contributed by atoms with Gasteiger partial charge in [0.1, 0.15) is 5.82 Å². The zero-order chi connectivity index (χ0) is 20.4. The number of anilines is 3. The Morgan fingerprint density at radius 2 is 1.90 bits per heavy atom. The molecular weight excluding hydrogens is 366 g/mol. The second-order valence-corrected chi connectivity index (χ2v) is 6.87. The molecule has 0 fully saturated rings. The predicted molar refractivity (Wildman–Crippen MR) is 116 cm³/mol. The minimum absolute atomic E-state index is 0.0436. The number of carbonyl (C=O) groups is 1. The highest BCUT2D eigenvalue weighted by Gasteiger charge is 2.19. The third-order valence-electron chi connectivity index (χ3n) is 5.01. The standard InChI is InChI=1S/C22H23N5O2/c1-2-26-19-8-5-13-24-20(19)27(22(26)29)14-15-9-11-16(12-10-15)21(28)25-18-7-4-3-6-17(18)23/h3-12,24H,2,13-14,23H2,1H3,(H,25,28). The fraction of sp³-hybridized carbons (Fsp3) is 0.182. The molecule has 1 aliphatic heterocycles. The molecule has 2 aromatic carbocycles. The predicted octanol–water partition coefficient (Wildman–Crippen LogP) is 2.99. The summed E-state index contributed by atoms with van der Waals surface area (Å²) in [4.78, 5) is 25.3. The number of para-hydroxylation sites is 2. The van der Waals surface area contributed by atoms with E-state index in [4.69, 9.17) is 5.73 Å². The van der Waals surface area contributed by atoms with Crippen molar-refractivity contribution >= 4 is 29.2 Å². The monoisotopic (exact) mass is 389 g/mol. The van der Waals surface area contributed by atoms with Crippen LogP contribution in [0.25, 0.3) is 6.08 Å². The summed E-state index contributed by atoms with van der Waals surface area (Å²) < 4.78 is 3.49. The zero-order valence-electron chi connectivity index (χ0n) is 16.2. The lowest BCUT2D eigenvalue weighted by Gasteiger charge is -2.13. The fourth-order valence-corrected chi connectivity index (χ4v) is 3.49. The maximum Gasteiger partial charge on any atom is 0.330 e. The van der Waals surface area contributed by atoms with Crippen molar-refractivity contribution in [1.82, 2.24) is 9.13 Å². The minimum Gasteiger partial charge on any atom is -0.397 e. The van der Waals surface area contributed by atoms with Gasteiger partial charge in [0.15, 0.2) is 0 Å². The van der Waals surface area contributed by atoms with Crippen molar-refractivity contribution in [2.45, 2.75) is 20.0 Å². The van der Waals surface area contributed by atoms with E-state index >= 15 is 0 Å². The molecule has 0 unspecified atom stereocenters. The van der Waals surface area contributed by atoms with Crippen LogP contribution in [0.3, 0.4) is 0 Å². The highest BCUT2D eigenvalue weighted by atomic mass is 16.2. The molecule has 0 atom stereocenters. The Morgan fingerprint density at radius 1 is 1.14 bits per heavy atom. The maximum absolute atomic E-state index is 12.8. The molecule has 148 valence electrons. The van der Waals surface area contributed by atoms with Crippen LogP contribution < -0.4 is 22.1 Å². The summed E-state index contributed by atoms with van der Waals surface area (Å²) in [6.45, 7) is 3.70. The summed E-state index contributed by atoms with van der Waals surface area (Å²) >= 11 is 0. The van der Waals surface area contributed by atoms with Gasteiger partial charge in [0, 0.05) is 18.7 Å². The molecule has 0 saturated heterocycles. The first-order chi connectivity index (χ1) is 14.1. The first-order valence-corrected chi connectivity index (χ1v) is 9.57. The molecule has 0 aliphatic carbocycles. The van der Waals surface area contributed by atoms with Crippen LogP contribution in [0.5, 0.6) is 0 Å². The number of benzene rings is 2. The van der Waals surface area contributed by atoms with Crippen LogP contribution in [0.15, 0.2) is 59.4 Å². The number of hydrogen-bond donors (Lipinski definition) is 3. The van der Waals surface area contributed by atoms with Crippen LogP contribution >= 0.6 is 0 Å². The molecule has 4 N–H and O–H groups in total. The molecule has 1 aromatic heterocycles. The summed E-state index contributed by atoms with van der Waals surface area (Å²) in [6, 6.07) is 14.4. The number of aromatic nitrogens is 2. The second kappa shape index (κ2) is 7.71. The lowest BCUT2D eigenvalue weighted by atomic mass is 10.1. The molecule has 1 aliphatic rings. The van der Waals surface area contributed by atoms with Crippen molar-refractivity contribution in [1.29, 1.82) is 0 Å². The van der Waals surface area contributed by atoms with Crippen molar-refractivity contribution in [2.24, 2.45) is 0 Å². The fourth-order valence-electron chi connectivity index (χ4n) is 3.49. The number of nitrogen functional groups attached to an aromatic ring is 1. The van der Waals surface area contributed by atoms with Gasteiger partial charge in [-0.05, 0) is 42.8 Å². The second-order valence-electron chi connectivity index (χ2n) is 6.87. The van der Waals surface area contributed by atoms with Gasteiger partial charge in [-0.3, -0.25) is 13.9 Å². The first kappa shape index (κ1) is 18.6. The largest absolute Gasteiger partial charge is 0.397 e. The van der Waals surface area contributed by atoms with E-state index < -0.39 is 0 Å². The molecular formula is C22H23N5O2. The lowest BCUT2D eigenvalue weighted by Crippen LogP contribution is -2.25. The van der Waals surface area contributed by atoms with Gasteiger partial charge < -0.3 is 16.4 Å². The van der Waals surface area contributed by atoms with Crippen molar-refractivity contribution < 1.29 is 4.79 Å². The summed E-state index contributed by atoms with van der Waals surface area (Å²) in [5.74, 6) is 0.605. The zero-order valence-corrected chi connectivity index (χ0v) is 16.2. The Bertz CT molecular complexity index is 1140. The summed E-state index contributed by atoms with van der Waals surface area (Å²) in [5.41, 5.74) is 9.31. The van der Waals surface area contributed by atoms with E-state index in [0.29, 0.717) is 36.6 Å². The third kappa shape index (κ3) is 3.54. The van der Waals surface area contributed by atoms with Gasteiger partial charge >= 0.3 is 5.69 Å². The Labute approximate surface area is 168 Å². The normalized spacial score (nSPS) is 12.3. The van der Waals surface area contributed by atoms with E-state index in [1.54, 1.807) is 33.4 Å². The van der Waals surface area contributed by atoms with Gasteiger partial charge in [0.25, 0.3) is 5.91 Å². The van der Waals surface area contributed by atoms with Crippen LogP contribution in [0.4, 0.5) is 17.2 Å². The summed E-state index contributed by atoms with van der Waals surface area (Å²) in [5, 5.41) is 6.11. The van der Waals surface area contributed by atoms with E-state index in [-0.39, 0.29) is 11.6 Å². The van der Waals surface area contributed by atoms with E-state index in [1.807, 2.05) is 43.3 Å². The van der Waals surface area contributed by atoms with E-state index in [2.05, 4.69) is 10.6 Å². The highest BCUT2D eigenvalue weighted by Crippen LogP contribution is 2.22. The van der Waals surface area contributed by atoms with Gasteiger partial charge in [0.2, 0.25) is 0 Å². The van der Waals surface area contributed by atoms with Crippen LogP contribution in [-0.2, 0) is 13.1 Å². The molecule has 29 heavy (non-hydrogen) atoms. The Hall–Kier alpha value is -3.74. The molecule has 1 amide bonds. The van der Waals surface area contributed by atoms with Gasteiger partial charge in [-0.2, -0.15) is 0 Å². The molecule has 7 heteroatoms. The number of hydrogen-bond acceptors (Lipinski definition) is 4. The smallest absolute Gasteiger partial charge is 0.330 e. The number of carbonyl (C=O) groups excluding carboxylic acids is 1. The van der Waals surface area contributed by atoms with Crippen molar-refractivity contribution in [2.75, 3.05) is 22.9 Å². The average molecular weight is 389 g/mol. The molecule has 0 saturated carbocycles. The third-order valence-corrected chi connectivity index (χ3v) is 5.01. The number of rotatable bonds is 5. The van der Waals surface area contributed by atoms with Gasteiger partial charge in [-0.1, -0.05) is 30.3 Å². The molecule has 0 radical (unpaired) electrons. The summed E-state index contributed by atoms with van der Waals surface area (Å²) in [6.07, 6.45) is 3.99. The van der Waals surface area contributed by atoms with Crippen LogP contribution in [-0.4, -0.2) is 21.6 Å². The Balaban J connectivity index is 1.54. The summed E-state index contributed by atoms with van der Waals surface area (Å²) in [7, 11) is 0. The topological polar surface area (TPSA) is 94.1 Å². The number of amides is 1.